The molecule has 5 rings (SSSR count). The number of nitrogens with one attached hydrogen (secondary N) is 1. The van der Waals surface area contributed by atoms with Crippen molar-refractivity contribution in [3.05, 3.63) is 84.0 Å². The number of thioether (sulfide) groups is 1. The van der Waals surface area contributed by atoms with Gasteiger partial charge in [0, 0.05) is 22.9 Å². The molecule has 0 aliphatic rings. The number of amides is 1. The molecule has 35 heavy (non-hydrogen) atoms. The minimum Gasteiger partial charge on any atom is -0.485 e. The summed E-state index contributed by atoms with van der Waals surface area (Å²) in [7, 11) is 0. The maximum absolute atomic E-state index is 12.5. The first-order valence-corrected chi connectivity index (χ1v) is 13.0. The summed E-state index contributed by atoms with van der Waals surface area (Å²) in [6.45, 7) is 3.00. The van der Waals surface area contributed by atoms with Gasteiger partial charge in [-0.2, -0.15) is 0 Å². The summed E-state index contributed by atoms with van der Waals surface area (Å²) in [6.07, 6.45) is 0. The number of carbonyl (C=O) groups is 1. The average Bonchev–Trinajstić information content (AvgIpc) is 3.53. The van der Waals surface area contributed by atoms with Crippen LogP contribution in [0.4, 0.5) is 5.13 Å². The van der Waals surface area contributed by atoms with Gasteiger partial charge in [0.25, 0.3) is 0 Å². The molecule has 0 spiro atoms. The van der Waals surface area contributed by atoms with Crippen molar-refractivity contribution in [1.29, 1.82) is 0 Å². The van der Waals surface area contributed by atoms with Crippen LogP contribution in [-0.4, -0.2) is 31.4 Å². The van der Waals surface area contributed by atoms with Crippen molar-refractivity contribution in [1.82, 2.24) is 19.7 Å². The van der Waals surface area contributed by atoms with E-state index in [0.29, 0.717) is 23.4 Å². The molecule has 176 valence electrons. The topological polar surface area (TPSA) is 81.9 Å². The van der Waals surface area contributed by atoms with Crippen LogP contribution < -0.4 is 10.1 Å². The molecule has 0 fully saturated rings. The molecule has 5 aromatic rings. The van der Waals surface area contributed by atoms with Gasteiger partial charge in [-0.05, 0) is 18.4 Å². The molecule has 0 saturated heterocycles. The molecule has 0 unspecified atom stereocenters. The van der Waals surface area contributed by atoms with Crippen molar-refractivity contribution in [2.45, 2.75) is 25.2 Å². The van der Waals surface area contributed by atoms with Crippen molar-refractivity contribution >= 4 is 44.9 Å². The molecule has 0 aliphatic heterocycles. The van der Waals surface area contributed by atoms with E-state index in [0.717, 1.165) is 33.6 Å². The Bertz CT molecular complexity index is 1440. The molecule has 1 N–H and O–H groups in total. The van der Waals surface area contributed by atoms with Crippen molar-refractivity contribution < 1.29 is 9.53 Å². The molecule has 0 bridgehead atoms. The van der Waals surface area contributed by atoms with Gasteiger partial charge in [0.15, 0.2) is 16.1 Å². The quantitative estimate of drug-likeness (QED) is 0.254. The molecule has 7 nitrogen and oxygen atoms in total. The van der Waals surface area contributed by atoms with E-state index in [4.69, 9.17) is 4.74 Å². The van der Waals surface area contributed by atoms with Gasteiger partial charge in [0.05, 0.1) is 11.4 Å². The molecule has 0 saturated carbocycles. The summed E-state index contributed by atoms with van der Waals surface area (Å²) in [4.78, 5) is 17.0. The van der Waals surface area contributed by atoms with E-state index < -0.39 is 0 Å². The Morgan fingerprint density at radius 3 is 2.69 bits per heavy atom. The third-order valence-electron chi connectivity index (χ3n) is 5.37. The van der Waals surface area contributed by atoms with Gasteiger partial charge in [-0.1, -0.05) is 78.5 Å². The number of carbonyl (C=O) groups excluding carboxylic acids is 1. The molecule has 0 radical (unpaired) electrons. The lowest BCUT2D eigenvalue weighted by Gasteiger charge is -2.10. The fourth-order valence-electron chi connectivity index (χ4n) is 3.67. The summed E-state index contributed by atoms with van der Waals surface area (Å²) in [6, 6.07) is 24.0. The van der Waals surface area contributed by atoms with Crippen LogP contribution in [0, 0.1) is 0 Å². The zero-order chi connectivity index (χ0) is 24.0. The van der Waals surface area contributed by atoms with Crippen LogP contribution in [0.5, 0.6) is 5.75 Å². The Morgan fingerprint density at radius 2 is 1.83 bits per heavy atom. The van der Waals surface area contributed by atoms with Crippen molar-refractivity contribution in [3.8, 4) is 17.0 Å². The molecule has 2 heterocycles. The van der Waals surface area contributed by atoms with E-state index in [2.05, 4.69) is 32.6 Å². The molecule has 9 heteroatoms. The van der Waals surface area contributed by atoms with E-state index in [1.165, 1.54) is 23.1 Å². The number of thiazole rings is 1. The number of aromatic nitrogens is 4. The number of anilines is 1. The van der Waals surface area contributed by atoms with E-state index in [1.807, 2.05) is 77.5 Å². The second kappa shape index (κ2) is 10.7. The average molecular weight is 502 g/mol. The molecule has 2 aromatic heterocycles. The third kappa shape index (κ3) is 5.36. The molecular formula is C26H23N5O2S2. The lowest BCUT2D eigenvalue weighted by Crippen LogP contribution is -2.14. The van der Waals surface area contributed by atoms with E-state index in [1.54, 1.807) is 0 Å². The van der Waals surface area contributed by atoms with Gasteiger partial charge in [0.1, 0.15) is 12.4 Å². The first-order chi connectivity index (χ1) is 17.2. The van der Waals surface area contributed by atoms with Gasteiger partial charge < -0.3 is 14.6 Å². The Morgan fingerprint density at radius 1 is 1.03 bits per heavy atom. The Hall–Kier alpha value is -3.69. The first-order valence-electron chi connectivity index (χ1n) is 11.2. The van der Waals surface area contributed by atoms with Gasteiger partial charge in [-0.25, -0.2) is 4.98 Å². The first kappa shape index (κ1) is 23.1. The second-order valence-corrected chi connectivity index (χ2v) is 9.45. The van der Waals surface area contributed by atoms with Crippen LogP contribution in [-0.2, 0) is 17.9 Å². The number of nitrogens with zero attached hydrogens (tertiary/aromatic N) is 4. The number of benzene rings is 3. The number of rotatable bonds is 9. The lowest BCUT2D eigenvalue weighted by molar-refractivity contribution is -0.113. The number of hydrogen-bond acceptors (Lipinski definition) is 7. The monoisotopic (exact) mass is 501 g/mol. The van der Waals surface area contributed by atoms with Gasteiger partial charge in [-0.15, -0.1) is 21.5 Å². The van der Waals surface area contributed by atoms with Gasteiger partial charge >= 0.3 is 0 Å². The Balaban J connectivity index is 1.19. The van der Waals surface area contributed by atoms with Crippen LogP contribution in [0.25, 0.3) is 22.0 Å². The summed E-state index contributed by atoms with van der Waals surface area (Å²) in [5.74, 6) is 1.60. The smallest absolute Gasteiger partial charge is 0.236 e. The number of fused-ring (bicyclic) bond motifs is 1. The highest BCUT2D eigenvalue weighted by atomic mass is 32.2. The van der Waals surface area contributed by atoms with E-state index in [9.17, 15) is 4.79 Å². The van der Waals surface area contributed by atoms with E-state index >= 15 is 0 Å². The fraction of sp³-hybridized carbons (Fsp3) is 0.154. The SMILES string of the molecule is CCn1c(COc2cccc3ccccc23)nnc1SCC(=O)Nc1nc(-c2ccccc2)cs1. The van der Waals surface area contributed by atoms with Crippen LogP contribution in [0.2, 0.25) is 0 Å². The standard InChI is InChI=1S/C26H23N5O2S2/c1-2-31-23(15-33-22-14-8-12-18-9-6-7-13-20(18)22)29-30-26(31)35-17-24(32)28-25-27-21(16-34-25)19-10-4-3-5-11-19/h3-14,16H,2,15,17H2,1H3,(H,27,28,32). The largest absolute Gasteiger partial charge is 0.485 e. The second-order valence-electron chi connectivity index (χ2n) is 7.65. The van der Waals surface area contributed by atoms with Crippen molar-refractivity contribution in [2.75, 3.05) is 11.1 Å². The zero-order valence-corrected chi connectivity index (χ0v) is 20.7. The molecule has 0 atom stereocenters. The summed E-state index contributed by atoms with van der Waals surface area (Å²) >= 11 is 2.76. The third-order valence-corrected chi connectivity index (χ3v) is 7.09. The molecule has 1 amide bonds. The zero-order valence-electron chi connectivity index (χ0n) is 19.0. The molecular weight excluding hydrogens is 478 g/mol. The predicted molar refractivity (Wildman–Crippen MR) is 141 cm³/mol. The van der Waals surface area contributed by atoms with Crippen LogP contribution in [0.15, 0.2) is 83.3 Å². The van der Waals surface area contributed by atoms with Gasteiger partial charge in [0.2, 0.25) is 5.91 Å². The summed E-state index contributed by atoms with van der Waals surface area (Å²) < 4.78 is 8.06. The minimum absolute atomic E-state index is 0.136. The highest BCUT2D eigenvalue weighted by Gasteiger charge is 2.15. The fourth-order valence-corrected chi connectivity index (χ4v) is 5.23. The highest BCUT2D eigenvalue weighted by molar-refractivity contribution is 7.99. The maximum atomic E-state index is 12.5. The Labute approximate surface area is 211 Å². The normalized spacial score (nSPS) is 11.0. The number of ether oxygens (including phenoxy) is 1. The van der Waals surface area contributed by atoms with Crippen LogP contribution >= 0.6 is 23.1 Å². The molecule has 3 aromatic carbocycles. The minimum atomic E-state index is -0.136. The van der Waals surface area contributed by atoms with Gasteiger partial charge in [-0.3, -0.25) is 4.79 Å². The van der Waals surface area contributed by atoms with Crippen LogP contribution in [0.3, 0.4) is 0 Å². The van der Waals surface area contributed by atoms with Crippen molar-refractivity contribution in [2.24, 2.45) is 0 Å². The molecule has 0 aliphatic carbocycles. The Kier molecular flexibility index (Phi) is 7.06. The lowest BCUT2D eigenvalue weighted by atomic mass is 10.1. The predicted octanol–water partition coefficient (Wildman–Crippen LogP) is 5.88. The highest BCUT2D eigenvalue weighted by Crippen LogP contribution is 2.27. The van der Waals surface area contributed by atoms with Crippen molar-refractivity contribution in [3.63, 3.8) is 0 Å². The number of hydrogen-bond donors (Lipinski definition) is 1. The maximum Gasteiger partial charge on any atom is 0.236 e. The van der Waals surface area contributed by atoms with E-state index in [-0.39, 0.29) is 11.7 Å². The van der Waals surface area contributed by atoms with Crippen LogP contribution in [0.1, 0.15) is 12.7 Å². The summed E-state index contributed by atoms with van der Waals surface area (Å²) in [5, 5.41) is 16.9. The summed E-state index contributed by atoms with van der Waals surface area (Å²) in [5.41, 5.74) is 1.87.